The molecule has 0 aromatic carbocycles. The molecule has 0 unspecified atom stereocenters. The number of furan rings is 1. The van der Waals surface area contributed by atoms with Gasteiger partial charge < -0.3 is 15.1 Å². The number of carbonyl (C=O) groups excluding carboxylic acids is 2. The van der Waals surface area contributed by atoms with E-state index >= 15 is 0 Å². The van der Waals surface area contributed by atoms with Crippen LogP contribution >= 0.6 is 0 Å². The Kier molecular flexibility index (Phi) is 6.84. The summed E-state index contributed by atoms with van der Waals surface area (Å²) in [6.45, 7) is 5.79. The fraction of sp³-hybridized carbons (Fsp3) is 0.600. The first-order valence-electron chi connectivity index (χ1n) is 7.19. The highest BCUT2D eigenvalue weighted by Crippen LogP contribution is 2.04. The molecule has 20 heavy (non-hydrogen) atoms. The third kappa shape index (κ3) is 5.47. The van der Waals surface area contributed by atoms with Crippen molar-refractivity contribution < 1.29 is 14.0 Å². The molecular formula is C15H24N2O3. The van der Waals surface area contributed by atoms with Crippen molar-refractivity contribution in [2.75, 3.05) is 0 Å². The Morgan fingerprint density at radius 1 is 1.25 bits per heavy atom. The van der Waals surface area contributed by atoms with Crippen LogP contribution in [0.15, 0.2) is 22.8 Å². The maximum absolute atomic E-state index is 11.9. The highest BCUT2D eigenvalue weighted by molar-refractivity contribution is 5.95. The third-order valence-corrected chi connectivity index (χ3v) is 3.12. The van der Waals surface area contributed by atoms with Gasteiger partial charge in [-0.2, -0.15) is 0 Å². The predicted molar refractivity (Wildman–Crippen MR) is 77.4 cm³/mol. The molecule has 2 N–H and O–H groups in total. The Bertz CT molecular complexity index is 415. The van der Waals surface area contributed by atoms with Crippen LogP contribution in [-0.4, -0.2) is 23.9 Å². The molecule has 0 fully saturated rings. The van der Waals surface area contributed by atoms with E-state index in [2.05, 4.69) is 17.6 Å². The van der Waals surface area contributed by atoms with Crippen molar-refractivity contribution in [3.05, 3.63) is 24.2 Å². The molecule has 0 radical (unpaired) electrons. The van der Waals surface area contributed by atoms with Crippen molar-refractivity contribution in [3.8, 4) is 0 Å². The number of rotatable bonds is 8. The zero-order valence-corrected chi connectivity index (χ0v) is 12.4. The second-order valence-electron chi connectivity index (χ2n) is 5.08. The summed E-state index contributed by atoms with van der Waals surface area (Å²) in [6, 6.07) is 2.74. The molecule has 2 amide bonds. The summed E-state index contributed by atoms with van der Waals surface area (Å²) in [6.07, 6.45) is 5.82. The molecule has 1 aromatic rings. The molecule has 5 nitrogen and oxygen atoms in total. The lowest BCUT2D eigenvalue weighted by molar-refractivity contribution is -0.123. The first-order valence-corrected chi connectivity index (χ1v) is 7.19. The maximum atomic E-state index is 11.9. The van der Waals surface area contributed by atoms with Gasteiger partial charge in [-0.25, -0.2) is 0 Å². The summed E-state index contributed by atoms with van der Waals surface area (Å²) < 4.78 is 4.98. The molecule has 0 spiro atoms. The first-order chi connectivity index (χ1) is 9.54. The molecule has 1 rings (SSSR count). The summed E-state index contributed by atoms with van der Waals surface area (Å²) in [5.74, 6) is -0.342. The van der Waals surface area contributed by atoms with Gasteiger partial charge in [-0.05, 0) is 32.4 Å². The molecule has 2 atom stereocenters. The second-order valence-corrected chi connectivity index (χ2v) is 5.08. The monoisotopic (exact) mass is 280 g/mol. The fourth-order valence-corrected chi connectivity index (χ4v) is 1.88. The van der Waals surface area contributed by atoms with Crippen LogP contribution in [-0.2, 0) is 4.79 Å². The lowest BCUT2D eigenvalue weighted by Crippen LogP contribution is -2.47. The quantitative estimate of drug-likeness (QED) is 0.719. The zero-order valence-electron chi connectivity index (χ0n) is 12.4. The van der Waals surface area contributed by atoms with Crippen molar-refractivity contribution in [1.82, 2.24) is 10.6 Å². The number of hydrogen-bond donors (Lipinski definition) is 2. The van der Waals surface area contributed by atoms with Gasteiger partial charge in [-0.1, -0.05) is 26.2 Å². The van der Waals surface area contributed by atoms with Crippen LogP contribution in [0.25, 0.3) is 0 Å². The lowest BCUT2D eigenvalue weighted by atomic mass is 10.1. The summed E-state index contributed by atoms with van der Waals surface area (Å²) in [5, 5.41) is 5.51. The minimum atomic E-state index is -0.582. The van der Waals surface area contributed by atoms with E-state index in [1.54, 1.807) is 19.1 Å². The van der Waals surface area contributed by atoms with E-state index in [4.69, 9.17) is 4.42 Å². The van der Waals surface area contributed by atoms with Crippen LogP contribution in [0.3, 0.4) is 0 Å². The van der Waals surface area contributed by atoms with Crippen LogP contribution in [0.1, 0.15) is 57.0 Å². The van der Waals surface area contributed by atoms with Gasteiger partial charge >= 0.3 is 0 Å². The van der Waals surface area contributed by atoms with Gasteiger partial charge in [0, 0.05) is 6.04 Å². The number of hydrogen-bond acceptors (Lipinski definition) is 3. The standard InChI is InChI=1S/C15H24N2O3/c1-4-5-6-8-11(2)16-14(18)12(3)17-15(19)13-9-7-10-20-13/h7,9-12H,4-6,8H2,1-3H3,(H,16,18)(H,17,19)/t11-,12-/m0/s1. The maximum Gasteiger partial charge on any atom is 0.287 e. The Hall–Kier alpha value is -1.78. The summed E-state index contributed by atoms with van der Waals surface area (Å²) in [7, 11) is 0. The molecule has 0 aliphatic heterocycles. The highest BCUT2D eigenvalue weighted by Gasteiger charge is 2.19. The largest absolute Gasteiger partial charge is 0.459 e. The van der Waals surface area contributed by atoms with Gasteiger partial charge in [0.25, 0.3) is 5.91 Å². The molecule has 1 heterocycles. The molecule has 1 aromatic heterocycles. The van der Waals surface area contributed by atoms with Gasteiger partial charge in [0.1, 0.15) is 6.04 Å². The first kappa shape index (κ1) is 16.3. The van der Waals surface area contributed by atoms with Crippen molar-refractivity contribution in [3.63, 3.8) is 0 Å². The number of amides is 2. The van der Waals surface area contributed by atoms with Crippen molar-refractivity contribution in [2.45, 2.75) is 58.5 Å². The van der Waals surface area contributed by atoms with E-state index in [-0.39, 0.29) is 23.6 Å². The third-order valence-electron chi connectivity index (χ3n) is 3.12. The van der Waals surface area contributed by atoms with Crippen LogP contribution < -0.4 is 10.6 Å². The van der Waals surface area contributed by atoms with Crippen LogP contribution in [0.5, 0.6) is 0 Å². The van der Waals surface area contributed by atoms with Gasteiger partial charge in [0.05, 0.1) is 6.26 Å². The van der Waals surface area contributed by atoms with Crippen molar-refractivity contribution in [2.24, 2.45) is 0 Å². The van der Waals surface area contributed by atoms with Crippen LogP contribution in [0.4, 0.5) is 0 Å². The van der Waals surface area contributed by atoms with E-state index in [1.807, 2.05) is 6.92 Å². The Labute approximate surface area is 120 Å². The smallest absolute Gasteiger partial charge is 0.287 e. The van der Waals surface area contributed by atoms with Crippen molar-refractivity contribution >= 4 is 11.8 Å². The number of carbonyl (C=O) groups is 2. The molecular weight excluding hydrogens is 256 g/mol. The van der Waals surface area contributed by atoms with Gasteiger partial charge in [0.2, 0.25) is 5.91 Å². The molecule has 0 saturated heterocycles. The summed E-state index contributed by atoms with van der Waals surface area (Å²) >= 11 is 0. The van der Waals surface area contributed by atoms with E-state index < -0.39 is 6.04 Å². The van der Waals surface area contributed by atoms with E-state index in [0.29, 0.717) is 0 Å². The topological polar surface area (TPSA) is 71.3 Å². The van der Waals surface area contributed by atoms with Crippen LogP contribution in [0.2, 0.25) is 0 Å². The van der Waals surface area contributed by atoms with E-state index in [1.165, 1.54) is 12.7 Å². The highest BCUT2D eigenvalue weighted by atomic mass is 16.3. The van der Waals surface area contributed by atoms with Crippen LogP contribution in [0, 0.1) is 0 Å². The van der Waals surface area contributed by atoms with Crippen molar-refractivity contribution in [1.29, 1.82) is 0 Å². The zero-order chi connectivity index (χ0) is 15.0. The molecule has 0 aliphatic carbocycles. The lowest BCUT2D eigenvalue weighted by Gasteiger charge is -2.18. The number of unbranched alkanes of at least 4 members (excludes halogenated alkanes) is 2. The molecule has 0 bridgehead atoms. The van der Waals surface area contributed by atoms with E-state index in [0.717, 1.165) is 19.3 Å². The molecule has 0 aliphatic rings. The average molecular weight is 280 g/mol. The number of nitrogens with one attached hydrogen (secondary N) is 2. The Morgan fingerprint density at radius 3 is 2.60 bits per heavy atom. The fourth-order valence-electron chi connectivity index (χ4n) is 1.88. The SMILES string of the molecule is CCCCC[C@H](C)NC(=O)[C@H](C)NC(=O)c1ccco1. The predicted octanol–water partition coefficient (Wildman–Crippen LogP) is 2.48. The Balaban J connectivity index is 2.33. The normalized spacial score (nSPS) is 13.6. The van der Waals surface area contributed by atoms with Gasteiger partial charge in [0.15, 0.2) is 5.76 Å². The summed E-state index contributed by atoms with van der Waals surface area (Å²) in [5.41, 5.74) is 0. The average Bonchev–Trinajstić information content (AvgIpc) is 2.92. The van der Waals surface area contributed by atoms with E-state index in [9.17, 15) is 9.59 Å². The minimum absolute atomic E-state index is 0.122. The molecule has 0 saturated carbocycles. The van der Waals surface area contributed by atoms with Gasteiger partial charge in [-0.3, -0.25) is 9.59 Å². The van der Waals surface area contributed by atoms with Gasteiger partial charge in [-0.15, -0.1) is 0 Å². The minimum Gasteiger partial charge on any atom is -0.459 e. The summed E-state index contributed by atoms with van der Waals surface area (Å²) in [4.78, 5) is 23.7. The molecule has 112 valence electrons. The second kappa shape index (κ2) is 8.40. The Morgan fingerprint density at radius 2 is 2.00 bits per heavy atom. The molecule has 5 heteroatoms.